The lowest BCUT2D eigenvalue weighted by atomic mass is 9.95. The van der Waals surface area contributed by atoms with Crippen molar-refractivity contribution >= 4 is 28.4 Å². The molecule has 1 saturated heterocycles. The standard InChI is InChI=1S/C25H29N5O2/c31-21-2-1-11-29(15-21)20-8-6-19(7-9-20)27-25-26-14-18-5-10-23(32)30(24(18)28-25)22-13-16-3-4-17(22)12-16/h5-10,14,16-17,21-22,31H,1-4,11-13,15H2,(H,26,27,28). The summed E-state index contributed by atoms with van der Waals surface area (Å²) in [5, 5.41) is 14.1. The molecular weight excluding hydrogens is 402 g/mol. The van der Waals surface area contributed by atoms with Crippen molar-refractivity contribution in [2.75, 3.05) is 23.3 Å². The van der Waals surface area contributed by atoms with Gasteiger partial charge in [-0.15, -0.1) is 0 Å². The van der Waals surface area contributed by atoms with Crippen molar-refractivity contribution in [1.29, 1.82) is 0 Å². The molecule has 2 saturated carbocycles. The fraction of sp³-hybridized carbons (Fsp3) is 0.480. The quantitative estimate of drug-likeness (QED) is 0.653. The first-order chi connectivity index (χ1) is 15.6. The zero-order valence-corrected chi connectivity index (χ0v) is 18.2. The molecule has 0 spiro atoms. The van der Waals surface area contributed by atoms with E-state index in [1.165, 1.54) is 19.3 Å². The first-order valence-corrected chi connectivity index (χ1v) is 11.8. The topological polar surface area (TPSA) is 83.3 Å². The summed E-state index contributed by atoms with van der Waals surface area (Å²) in [6.45, 7) is 1.65. The highest BCUT2D eigenvalue weighted by molar-refractivity contribution is 5.76. The van der Waals surface area contributed by atoms with Gasteiger partial charge in [0.15, 0.2) is 0 Å². The summed E-state index contributed by atoms with van der Waals surface area (Å²) in [7, 11) is 0. The van der Waals surface area contributed by atoms with Gasteiger partial charge in [-0.2, -0.15) is 4.98 Å². The molecule has 3 heterocycles. The number of β-amino-alcohol motifs (C(OH)–C–C–N with tert-alkyl or cyclic N) is 1. The predicted molar refractivity (Wildman–Crippen MR) is 125 cm³/mol. The Morgan fingerprint density at radius 2 is 1.91 bits per heavy atom. The normalized spacial score (nSPS) is 27.2. The number of benzene rings is 1. The van der Waals surface area contributed by atoms with Crippen LogP contribution in [-0.4, -0.2) is 38.8 Å². The van der Waals surface area contributed by atoms with Gasteiger partial charge in [-0.25, -0.2) is 4.98 Å². The molecule has 2 aliphatic carbocycles. The molecule has 32 heavy (non-hydrogen) atoms. The average molecular weight is 432 g/mol. The van der Waals surface area contributed by atoms with E-state index in [-0.39, 0.29) is 17.7 Å². The molecule has 0 radical (unpaired) electrons. The van der Waals surface area contributed by atoms with Gasteiger partial charge >= 0.3 is 0 Å². The van der Waals surface area contributed by atoms with Crippen LogP contribution in [-0.2, 0) is 0 Å². The van der Waals surface area contributed by atoms with E-state index in [4.69, 9.17) is 4.98 Å². The van der Waals surface area contributed by atoms with Crippen LogP contribution in [0.3, 0.4) is 0 Å². The van der Waals surface area contributed by atoms with Crippen molar-refractivity contribution in [3.05, 3.63) is 52.9 Å². The predicted octanol–water partition coefficient (Wildman–Crippen LogP) is 3.86. The number of anilines is 3. The molecule has 1 aliphatic heterocycles. The van der Waals surface area contributed by atoms with Gasteiger partial charge < -0.3 is 15.3 Å². The van der Waals surface area contributed by atoms with E-state index in [1.54, 1.807) is 12.3 Å². The van der Waals surface area contributed by atoms with Gasteiger partial charge in [-0.05, 0) is 74.3 Å². The Hall–Kier alpha value is -2.93. The lowest BCUT2D eigenvalue weighted by Crippen LogP contribution is -2.38. The Kier molecular flexibility index (Phi) is 4.86. The number of rotatable bonds is 4. The number of aromatic nitrogens is 3. The molecule has 6 rings (SSSR count). The summed E-state index contributed by atoms with van der Waals surface area (Å²) >= 11 is 0. The summed E-state index contributed by atoms with van der Waals surface area (Å²) in [6, 6.07) is 11.9. The molecule has 2 N–H and O–H groups in total. The number of fused-ring (bicyclic) bond motifs is 3. The highest BCUT2D eigenvalue weighted by Crippen LogP contribution is 2.50. The summed E-state index contributed by atoms with van der Waals surface area (Å²) in [5.74, 6) is 1.85. The first kappa shape index (κ1) is 19.7. The summed E-state index contributed by atoms with van der Waals surface area (Å²) in [4.78, 5) is 24.3. The highest BCUT2D eigenvalue weighted by Gasteiger charge is 2.41. The summed E-state index contributed by atoms with van der Waals surface area (Å²) in [5.41, 5.74) is 2.77. The second-order valence-corrected chi connectivity index (χ2v) is 9.67. The Labute approximate surface area is 187 Å². The van der Waals surface area contributed by atoms with Crippen LogP contribution < -0.4 is 15.8 Å². The lowest BCUT2D eigenvalue weighted by molar-refractivity contribution is 0.154. The summed E-state index contributed by atoms with van der Waals surface area (Å²) in [6.07, 6.45) is 8.29. The first-order valence-electron chi connectivity index (χ1n) is 11.8. The number of hydrogen-bond donors (Lipinski definition) is 2. The maximum absolute atomic E-state index is 12.8. The Morgan fingerprint density at radius 3 is 2.66 bits per heavy atom. The van der Waals surface area contributed by atoms with E-state index in [1.807, 2.05) is 22.8 Å². The van der Waals surface area contributed by atoms with Crippen LogP contribution in [0.15, 0.2) is 47.4 Å². The number of aliphatic hydroxyl groups excluding tert-OH is 1. The van der Waals surface area contributed by atoms with Crippen LogP contribution >= 0.6 is 0 Å². The number of nitrogens with zero attached hydrogens (tertiary/aromatic N) is 4. The van der Waals surface area contributed by atoms with Crippen LogP contribution in [0.25, 0.3) is 11.0 Å². The number of hydrogen-bond acceptors (Lipinski definition) is 6. The maximum atomic E-state index is 12.8. The minimum atomic E-state index is -0.250. The Balaban J connectivity index is 1.27. The van der Waals surface area contributed by atoms with Gasteiger partial charge in [0.25, 0.3) is 5.56 Å². The van der Waals surface area contributed by atoms with Crippen molar-refractivity contribution < 1.29 is 5.11 Å². The third-order valence-corrected chi connectivity index (χ3v) is 7.58. The number of pyridine rings is 1. The van der Waals surface area contributed by atoms with Crippen LogP contribution in [0.1, 0.15) is 44.6 Å². The third kappa shape index (κ3) is 3.54. The molecular formula is C25H29N5O2. The minimum Gasteiger partial charge on any atom is -0.391 e. The lowest BCUT2D eigenvalue weighted by Gasteiger charge is -2.32. The van der Waals surface area contributed by atoms with Crippen molar-refractivity contribution in [3.63, 3.8) is 0 Å². The van der Waals surface area contributed by atoms with E-state index >= 15 is 0 Å². The van der Waals surface area contributed by atoms with Gasteiger partial charge in [0.1, 0.15) is 5.65 Å². The molecule has 7 heteroatoms. The zero-order chi connectivity index (χ0) is 21.7. The number of nitrogens with one attached hydrogen (secondary N) is 1. The molecule has 4 atom stereocenters. The Bertz CT molecular complexity index is 1190. The summed E-state index contributed by atoms with van der Waals surface area (Å²) < 4.78 is 1.93. The van der Waals surface area contributed by atoms with Crippen molar-refractivity contribution in [2.45, 2.75) is 50.7 Å². The fourth-order valence-electron chi connectivity index (χ4n) is 6.02. The van der Waals surface area contributed by atoms with Crippen LogP contribution in [0.2, 0.25) is 0 Å². The molecule has 166 valence electrons. The van der Waals surface area contributed by atoms with Crippen molar-refractivity contribution in [1.82, 2.24) is 14.5 Å². The van der Waals surface area contributed by atoms with E-state index in [0.717, 1.165) is 54.1 Å². The van der Waals surface area contributed by atoms with Crippen LogP contribution in [0.5, 0.6) is 0 Å². The van der Waals surface area contributed by atoms with Crippen molar-refractivity contribution in [2.24, 2.45) is 11.8 Å². The molecule has 3 fully saturated rings. The van der Waals surface area contributed by atoms with E-state index in [0.29, 0.717) is 18.4 Å². The SMILES string of the molecule is O=c1ccc2cnc(Nc3ccc(N4CCCC(O)C4)cc3)nc2n1C1CC2CCC1C2. The van der Waals surface area contributed by atoms with Crippen molar-refractivity contribution in [3.8, 4) is 0 Å². The van der Waals surface area contributed by atoms with Gasteiger partial charge in [0.05, 0.1) is 6.10 Å². The molecule has 3 aliphatic rings. The molecule has 2 aromatic heterocycles. The highest BCUT2D eigenvalue weighted by atomic mass is 16.3. The number of piperidine rings is 1. The monoisotopic (exact) mass is 431 g/mol. The van der Waals surface area contributed by atoms with Crippen LogP contribution in [0.4, 0.5) is 17.3 Å². The largest absolute Gasteiger partial charge is 0.391 e. The second kappa shape index (κ2) is 7.89. The maximum Gasteiger partial charge on any atom is 0.252 e. The van der Waals surface area contributed by atoms with Gasteiger partial charge in [-0.3, -0.25) is 9.36 Å². The zero-order valence-electron chi connectivity index (χ0n) is 18.2. The van der Waals surface area contributed by atoms with Crippen LogP contribution in [0, 0.1) is 11.8 Å². The Morgan fingerprint density at radius 1 is 1.03 bits per heavy atom. The second-order valence-electron chi connectivity index (χ2n) is 9.67. The minimum absolute atomic E-state index is 0.0350. The molecule has 4 unspecified atom stereocenters. The van der Waals surface area contributed by atoms with Gasteiger partial charge in [-0.1, -0.05) is 6.42 Å². The fourth-order valence-corrected chi connectivity index (χ4v) is 6.02. The van der Waals surface area contributed by atoms with E-state index in [2.05, 4.69) is 27.3 Å². The molecule has 3 aromatic rings. The molecule has 7 nitrogen and oxygen atoms in total. The number of aliphatic hydroxyl groups is 1. The molecule has 2 bridgehead atoms. The molecule has 1 aromatic carbocycles. The van der Waals surface area contributed by atoms with E-state index in [9.17, 15) is 9.90 Å². The van der Waals surface area contributed by atoms with Gasteiger partial charge in [0, 0.05) is 48.2 Å². The smallest absolute Gasteiger partial charge is 0.252 e. The third-order valence-electron chi connectivity index (χ3n) is 7.58. The molecule has 0 amide bonds. The average Bonchev–Trinajstić information content (AvgIpc) is 3.43. The van der Waals surface area contributed by atoms with Gasteiger partial charge in [0.2, 0.25) is 5.95 Å². The van der Waals surface area contributed by atoms with E-state index < -0.39 is 0 Å².